The number of carbonyl (C=O) groups is 3. The van der Waals surface area contributed by atoms with Crippen molar-refractivity contribution in [3.63, 3.8) is 0 Å². The molecule has 172 valence electrons. The molecule has 7 nitrogen and oxygen atoms in total. The maximum atomic E-state index is 12.3. The van der Waals surface area contributed by atoms with Gasteiger partial charge in [0.1, 0.15) is 5.75 Å². The minimum Gasteiger partial charge on any atom is -0.490 e. The van der Waals surface area contributed by atoms with Crippen molar-refractivity contribution in [2.24, 2.45) is 11.8 Å². The van der Waals surface area contributed by atoms with Gasteiger partial charge in [0.05, 0.1) is 17.3 Å². The molecule has 2 amide bonds. The number of rotatable bonds is 9. The molecule has 1 aromatic carbocycles. The highest BCUT2D eigenvalue weighted by atomic mass is 32.2. The zero-order valence-corrected chi connectivity index (χ0v) is 18.9. The van der Waals surface area contributed by atoms with Crippen LogP contribution < -0.4 is 15.4 Å². The zero-order valence-electron chi connectivity index (χ0n) is 18.0. The average Bonchev–Trinajstić information content (AvgIpc) is 3.53. The van der Waals surface area contributed by atoms with Gasteiger partial charge in [0.15, 0.2) is 0 Å². The number of hydrogen-bond donors (Lipinski definition) is 3. The van der Waals surface area contributed by atoms with Crippen LogP contribution in [0.1, 0.15) is 55.3 Å². The van der Waals surface area contributed by atoms with E-state index in [1.54, 1.807) is 36.0 Å². The van der Waals surface area contributed by atoms with E-state index in [1.165, 1.54) is 18.4 Å². The Morgan fingerprint density at radius 2 is 1.66 bits per heavy atom. The van der Waals surface area contributed by atoms with Crippen molar-refractivity contribution in [3.8, 4) is 5.75 Å². The Balaban J connectivity index is 1.13. The number of carboxylic acid groups (broad SMARTS) is 1. The van der Waals surface area contributed by atoms with Gasteiger partial charge in [0.25, 0.3) is 5.91 Å². The third-order valence-electron chi connectivity index (χ3n) is 6.35. The normalized spacial score (nSPS) is 25.0. The molecular weight excluding hydrogens is 428 g/mol. The van der Waals surface area contributed by atoms with Gasteiger partial charge in [-0.2, -0.15) is 0 Å². The number of aliphatic carboxylic acids is 1. The highest BCUT2D eigenvalue weighted by Gasteiger charge is 2.33. The number of benzene rings is 1. The van der Waals surface area contributed by atoms with Crippen LogP contribution in [0.25, 0.3) is 0 Å². The summed E-state index contributed by atoms with van der Waals surface area (Å²) in [7, 11) is 0. The van der Waals surface area contributed by atoms with Crippen LogP contribution in [0.2, 0.25) is 0 Å². The molecule has 0 aromatic heterocycles. The average molecular weight is 459 g/mol. The SMILES string of the molecule is O=C(NCCNC(=O)C1CC(C2CC2)=CS1)c1ccc(O[C@H]2CC[C@@H](C(=O)O)CC2)cc1. The molecule has 8 heteroatoms. The van der Waals surface area contributed by atoms with E-state index in [2.05, 4.69) is 16.0 Å². The van der Waals surface area contributed by atoms with Crippen molar-refractivity contribution in [1.29, 1.82) is 0 Å². The number of carboxylic acids is 1. The first kappa shape index (κ1) is 22.7. The van der Waals surface area contributed by atoms with Gasteiger partial charge in [0, 0.05) is 18.7 Å². The third-order valence-corrected chi connectivity index (χ3v) is 7.50. The lowest BCUT2D eigenvalue weighted by molar-refractivity contribution is -0.143. The Bertz CT molecular complexity index is 873. The van der Waals surface area contributed by atoms with Crippen LogP contribution in [0.15, 0.2) is 35.2 Å². The molecule has 1 atom stereocenters. The third kappa shape index (κ3) is 6.06. The van der Waals surface area contributed by atoms with Gasteiger partial charge in [-0.3, -0.25) is 14.4 Å². The Kier molecular flexibility index (Phi) is 7.40. The first-order chi connectivity index (χ1) is 15.5. The highest BCUT2D eigenvalue weighted by molar-refractivity contribution is 8.03. The lowest BCUT2D eigenvalue weighted by Crippen LogP contribution is -2.38. The molecule has 3 N–H and O–H groups in total. The maximum Gasteiger partial charge on any atom is 0.306 e. The molecule has 3 aliphatic rings. The second-order valence-electron chi connectivity index (χ2n) is 8.80. The summed E-state index contributed by atoms with van der Waals surface area (Å²) < 4.78 is 5.94. The summed E-state index contributed by atoms with van der Waals surface area (Å²) in [6, 6.07) is 6.96. The number of allylic oxidation sites excluding steroid dienone is 1. The van der Waals surface area contributed by atoms with Gasteiger partial charge in [-0.05, 0) is 80.5 Å². The highest BCUT2D eigenvalue weighted by Crippen LogP contribution is 2.45. The van der Waals surface area contributed by atoms with Crippen LogP contribution in [-0.4, -0.2) is 47.3 Å². The molecule has 4 rings (SSSR count). The van der Waals surface area contributed by atoms with Gasteiger partial charge in [-0.1, -0.05) is 5.57 Å². The lowest BCUT2D eigenvalue weighted by atomic mass is 9.87. The largest absolute Gasteiger partial charge is 0.490 e. The second-order valence-corrected chi connectivity index (χ2v) is 9.87. The number of hydrogen-bond acceptors (Lipinski definition) is 5. The van der Waals surface area contributed by atoms with Crippen LogP contribution in [0.5, 0.6) is 5.75 Å². The van der Waals surface area contributed by atoms with Crippen molar-refractivity contribution < 1.29 is 24.2 Å². The molecule has 0 saturated heterocycles. The van der Waals surface area contributed by atoms with E-state index in [9.17, 15) is 14.4 Å². The standard InChI is InChI=1S/C24H30N2O5S/c27-22(25-11-12-26-23(28)21-13-18(14-32-21)15-1-2-15)16-3-7-19(8-4-16)31-20-9-5-17(6-10-20)24(29)30/h3-4,7-8,14-15,17,20-21H,1-2,5-6,9-13H2,(H,25,27)(H,26,28)(H,29,30)/t17-,20+,21?. The number of thioether (sulfide) groups is 1. The van der Waals surface area contributed by atoms with E-state index < -0.39 is 5.97 Å². The Morgan fingerprint density at radius 3 is 2.31 bits per heavy atom. The number of ether oxygens (including phenoxy) is 1. The van der Waals surface area contributed by atoms with Crippen LogP contribution in [0.3, 0.4) is 0 Å². The molecular formula is C24H30N2O5S. The molecule has 1 aliphatic heterocycles. The van der Waals surface area contributed by atoms with Gasteiger partial charge in [-0.25, -0.2) is 0 Å². The monoisotopic (exact) mass is 458 g/mol. The van der Waals surface area contributed by atoms with Gasteiger partial charge in [-0.15, -0.1) is 11.8 Å². The molecule has 32 heavy (non-hydrogen) atoms. The van der Waals surface area contributed by atoms with Gasteiger partial charge in [0.2, 0.25) is 5.91 Å². The quantitative estimate of drug-likeness (QED) is 0.490. The van der Waals surface area contributed by atoms with Crippen LogP contribution in [0, 0.1) is 11.8 Å². The fraction of sp³-hybridized carbons (Fsp3) is 0.542. The topological polar surface area (TPSA) is 105 Å². The number of carbonyl (C=O) groups excluding carboxylic acids is 2. The van der Waals surface area contributed by atoms with E-state index in [-0.39, 0.29) is 29.1 Å². The molecule has 2 saturated carbocycles. The lowest BCUT2D eigenvalue weighted by Gasteiger charge is -2.26. The first-order valence-electron chi connectivity index (χ1n) is 11.4. The summed E-state index contributed by atoms with van der Waals surface area (Å²) in [5.74, 6) is 0.245. The Labute approximate surface area is 192 Å². The summed E-state index contributed by atoms with van der Waals surface area (Å²) >= 11 is 1.60. The fourth-order valence-corrected chi connectivity index (χ4v) is 5.36. The second kappa shape index (κ2) is 10.4. The zero-order chi connectivity index (χ0) is 22.5. The van der Waals surface area contributed by atoms with Crippen LogP contribution >= 0.6 is 11.8 Å². The first-order valence-corrected chi connectivity index (χ1v) is 12.3. The summed E-state index contributed by atoms with van der Waals surface area (Å²) in [5.41, 5.74) is 1.95. The smallest absolute Gasteiger partial charge is 0.306 e. The molecule has 0 spiro atoms. The fourth-order valence-electron chi connectivity index (χ4n) is 4.23. The van der Waals surface area contributed by atoms with Crippen LogP contribution in [-0.2, 0) is 9.59 Å². The summed E-state index contributed by atoms with van der Waals surface area (Å²) in [5, 5.41) is 16.9. The Hall–Kier alpha value is -2.48. The molecule has 1 unspecified atom stereocenters. The van der Waals surface area contributed by atoms with Crippen LogP contribution in [0.4, 0.5) is 0 Å². The van der Waals surface area contributed by atoms with Crippen molar-refractivity contribution in [2.45, 2.75) is 56.3 Å². The van der Waals surface area contributed by atoms with E-state index >= 15 is 0 Å². The predicted molar refractivity (Wildman–Crippen MR) is 123 cm³/mol. The molecule has 2 aliphatic carbocycles. The van der Waals surface area contributed by atoms with E-state index in [0.29, 0.717) is 43.2 Å². The molecule has 0 bridgehead atoms. The maximum absolute atomic E-state index is 12.3. The summed E-state index contributed by atoms with van der Waals surface area (Å²) in [6.07, 6.45) is 6.10. The molecule has 1 aromatic rings. The van der Waals surface area contributed by atoms with E-state index in [0.717, 1.165) is 19.3 Å². The minimum atomic E-state index is -0.726. The summed E-state index contributed by atoms with van der Waals surface area (Å²) in [6.45, 7) is 0.774. The predicted octanol–water partition coefficient (Wildman–Crippen LogP) is 3.35. The van der Waals surface area contributed by atoms with Crippen molar-refractivity contribution in [1.82, 2.24) is 10.6 Å². The Morgan fingerprint density at radius 1 is 0.969 bits per heavy atom. The molecule has 0 radical (unpaired) electrons. The van der Waals surface area contributed by atoms with Gasteiger partial charge < -0.3 is 20.5 Å². The summed E-state index contributed by atoms with van der Waals surface area (Å²) in [4.78, 5) is 35.7. The van der Waals surface area contributed by atoms with E-state index in [4.69, 9.17) is 9.84 Å². The minimum absolute atomic E-state index is 0.0162. The van der Waals surface area contributed by atoms with Gasteiger partial charge >= 0.3 is 5.97 Å². The van der Waals surface area contributed by atoms with Crippen molar-refractivity contribution in [3.05, 3.63) is 40.8 Å². The van der Waals surface area contributed by atoms with Crippen molar-refractivity contribution >= 4 is 29.5 Å². The number of nitrogens with one attached hydrogen (secondary N) is 2. The number of amides is 2. The van der Waals surface area contributed by atoms with E-state index in [1.807, 2.05) is 0 Å². The van der Waals surface area contributed by atoms with Crippen molar-refractivity contribution in [2.75, 3.05) is 13.1 Å². The molecule has 1 heterocycles. The molecule has 2 fully saturated rings.